The molecule has 6 nitrogen and oxygen atoms in total. The van der Waals surface area contributed by atoms with Crippen LogP contribution in [0, 0.1) is 11.8 Å². The molecule has 1 aliphatic carbocycles. The number of guanidine groups is 1. The van der Waals surface area contributed by atoms with Gasteiger partial charge in [0.1, 0.15) is 6.61 Å². The van der Waals surface area contributed by atoms with Crippen molar-refractivity contribution in [3.8, 4) is 5.88 Å². The SMILES string of the molecule is CCNC(=NCc1cccnc1OCCOC)N1CC2CCCCC2C1.I. The normalized spacial score (nSPS) is 22.1. The van der Waals surface area contributed by atoms with E-state index in [2.05, 4.69) is 22.1 Å². The molecule has 1 aromatic heterocycles. The van der Waals surface area contributed by atoms with Gasteiger partial charge in [-0.1, -0.05) is 18.9 Å². The second-order valence-electron chi connectivity index (χ2n) is 7.19. The molecular formula is C20H33IN4O2. The fourth-order valence-corrected chi connectivity index (χ4v) is 4.06. The molecule has 1 aromatic rings. The molecular weight excluding hydrogens is 455 g/mol. The minimum atomic E-state index is 0. The number of nitrogens with one attached hydrogen (secondary N) is 1. The van der Waals surface area contributed by atoms with Crippen LogP contribution in [0.25, 0.3) is 0 Å². The molecule has 0 amide bonds. The first-order valence-electron chi connectivity index (χ1n) is 9.90. The van der Waals surface area contributed by atoms with Gasteiger partial charge < -0.3 is 19.7 Å². The van der Waals surface area contributed by atoms with E-state index >= 15 is 0 Å². The lowest BCUT2D eigenvalue weighted by molar-refractivity contribution is 0.143. The zero-order chi connectivity index (χ0) is 18.2. The Bertz CT molecular complexity index is 585. The molecule has 152 valence electrons. The molecule has 7 heteroatoms. The van der Waals surface area contributed by atoms with Crippen molar-refractivity contribution in [2.45, 2.75) is 39.2 Å². The first-order chi connectivity index (χ1) is 12.8. The maximum Gasteiger partial charge on any atom is 0.218 e. The molecule has 0 radical (unpaired) electrons. The van der Waals surface area contributed by atoms with Gasteiger partial charge in [0.25, 0.3) is 0 Å². The zero-order valence-corrected chi connectivity index (χ0v) is 18.9. The number of hydrogen-bond donors (Lipinski definition) is 1. The summed E-state index contributed by atoms with van der Waals surface area (Å²) in [7, 11) is 1.67. The van der Waals surface area contributed by atoms with Gasteiger partial charge in [-0.2, -0.15) is 0 Å². The summed E-state index contributed by atoms with van der Waals surface area (Å²) in [6.07, 6.45) is 7.29. The minimum Gasteiger partial charge on any atom is -0.475 e. The molecule has 3 rings (SSSR count). The van der Waals surface area contributed by atoms with Crippen molar-refractivity contribution in [2.24, 2.45) is 16.8 Å². The molecule has 2 unspecified atom stereocenters. The van der Waals surface area contributed by atoms with Crippen LogP contribution < -0.4 is 10.1 Å². The number of hydrogen-bond acceptors (Lipinski definition) is 4. The predicted molar refractivity (Wildman–Crippen MR) is 119 cm³/mol. The topological polar surface area (TPSA) is 59.0 Å². The van der Waals surface area contributed by atoms with Crippen LogP contribution >= 0.6 is 24.0 Å². The molecule has 0 bridgehead atoms. The second kappa shape index (κ2) is 11.7. The van der Waals surface area contributed by atoms with E-state index in [1.54, 1.807) is 13.3 Å². The molecule has 1 aliphatic heterocycles. The van der Waals surface area contributed by atoms with Crippen LogP contribution in [0.2, 0.25) is 0 Å². The number of aromatic nitrogens is 1. The molecule has 27 heavy (non-hydrogen) atoms. The van der Waals surface area contributed by atoms with Crippen LogP contribution in [0.4, 0.5) is 0 Å². The fourth-order valence-electron chi connectivity index (χ4n) is 4.06. The Morgan fingerprint density at radius 2 is 2.00 bits per heavy atom. The Balaban J connectivity index is 0.00000261. The monoisotopic (exact) mass is 488 g/mol. The van der Waals surface area contributed by atoms with E-state index in [0.717, 1.165) is 43.0 Å². The molecule has 0 aromatic carbocycles. The van der Waals surface area contributed by atoms with Crippen molar-refractivity contribution in [1.29, 1.82) is 0 Å². The van der Waals surface area contributed by atoms with Gasteiger partial charge >= 0.3 is 0 Å². The molecule has 1 saturated heterocycles. The number of halogens is 1. The van der Waals surface area contributed by atoms with Gasteiger partial charge in [-0.3, -0.25) is 0 Å². The summed E-state index contributed by atoms with van der Waals surface area (Å²) >= 11 is 0. The van der Waals surface area contributed by atoms with E-state index < -0.39 is 0 Å². The van der Waals surface area contributed by atoms with Crippen LogP contribution in [0.3, 0.4) is 0 Å². The standard InChI is InChI=1S/C20H32N4O2.HI/c1-3-21-20(24-14-17-7-4-5-8-18(17)15-24)23-13-16-9-6-10-22-19(16)26-12-11-25-2;/h6,9-10,17-18H,3-5,7-8,11-15H2,1-2H3,(H,21,23);1H. The Kier molecular flexibility index (Phi) is 9.61. The highest BCUT2D eigenvalue weighted by atomic mass is 127. The van der Waals surface area contributed by atoms with E-state index in [1.165, 1.54) is 25.7 Å². The molecule has 2 heterocycles. The zero-order valence-electron chi connectivity index (χ0n) is 16.5. The Labute approximate surface area is 180 Å². The maximum atomic E-state index is 5.73. The summed E-state index contributed by atoms with van der Waals surface area (Å²) in [4.78, 5) is 11.7. The van der Waals surface area contributed by atoms with Crippen molar-refractivity contribution in [2.75, 3.05) is 40.0 Å². The number of fused-ring (bicyclic) bond motifs is 1. The smallest absolute Gasteiger partial charge is 0.218 e. The van der Waals surface area contributed by atoms with Gasteiger partial charge in [-0.15, -0.1) is 24.0 Å². The fraction of sp³-hybridized carbons (Fsp3) is 0.700. The van der Waals surface area contributed by atoms with Crippen LogP contribution in [-0.2, 0) is 11.3 Å². The summed E-state index contributed by atoms with van der Waals surface area (Å²) in [6.45, 7) is 6.92. The quantitative estimate of drug-likeness (QED) is 0.276. The number of nitrogens with zero attached hydrogens (tertiary/aromatic N) is 3. The van der Waals surface area contributed by atoms with Gasteiger partial charge in [-0.05, 0) is 37.7 Å². The van der Waals surface area contributed by atoms with Gasteiger partial charge in [0.15, 0.2) is 5.96 Å². The van der Waals surface area contributed by atoms with Crippen molar-refractivity contribution < 1.29 is 9.47 Å². The third-order valence-corrected chi connectivity index (χ3v) is 5.39. The van der Waals surface area contributed by atoms with E-state index in [9.17, 15) is 0 Å². The average molecular weight is 488 g/mol. The Morgan fingerprint density at radius 3 is 2.67 bits per heavy atom. The molecule has 0 spiro atoms. The van der Waals surface area contributed by atoms with Crippen LogP contribution in [-0.4, -0.2) is 55.8 Å². The largest absolute Gasteiger partial charge is 0.475 e. The van der Waals surface area contributed by atoms with E-state index in [-0.39, 0.29) is 24.0 Å². The first kappa shape index (κ1) is 22.2. The average Bonchev–Trinajstić information content (AvgIpc) is 3.10. The van der Waals surface area contributed by atoms with E-state index in [4.69, 9.17) is 14.5 Å². The number of ether oxygens (including phenoxy) is 2. The number of methoxy groups -OCH3 is 1. The van der Waals surface area contributed by atoms with Crippen LogP contribution in [0.1, 0.15) is 38.2 Å². The summed E-state index contributed by atoms with van der Waals surface area (Å²) in [5.41, 5.74) is 1.01. The molecule has 2 fully saturated rings. The number of aliphatic imine (C=N–C) groups is 1. The summed E-state index contributed by atoms with van der Waals surface area (Å²) in [5, 5.41) is 3.47. The highest BCUT2D eigenvalue weighted by Gasteiger charge is 2.35. The number of rotatable bonds is 7. The van der Waals surface area contributed by atoms with Gasteiger partial charge in [0.05, 0.1) is 13.2 Å². The lowest BCUT2D eigenvalue weighted by Gasteiger charge is -2.22. The summed E-state index contributed by atoms with van der Waals surface area (Å²) < 4.78 is 10.8. The van der Waals surface area contributed by atoms with Gasteiger partial charge in [0.2, 0.25) is 5.88 Å². The molecule has 1 N–H and O–H groups in total. The van der Waals surface area contributed by atoms with Crippen molar-refractivity contribution in [3.05, 3.63) is 23.9 Å². The van der Waals surface area contributed by atoms with Gasteiger partial charge in [0, 0.05) is 38.5 Å². The molecule has 2 aliphatic rings. The van der Waals surface area contributed by atoms with Crippen LogP contribution in [0.5, 0.6) is 5.88 Å². The summed E-state index contributed by atoms with van der Waals surface area (Å²) in [6, 6.07) is 3.97. The van der Waals surface area contributed by atoms with E-state index in [0.29, 0.717) is 25.6 Å². The lowest BCUT2D eigenvalue weighted by Crippen LogP contribution is -2.40. The van der Waals surface area contributed by atoms with Crippen molar-refractivity contribution in [1.82, 2.24) is 15.2 Å². The van der Waals surface area contributed by atoms with Gasteiger partial charge in [-0.25, -0.2) is 9.98 Å². The van der Waals surface area contributed by atoms with E-state index in [1.807, 2.05) is 12.1 Å². The van der Waals surface area contributed by atoms with Crippen molar-refractivity contribution >= 4 is 29.9 Å². The maximum absolute atomic E-state index is 5.73. The molecule has 2 atom stereocenters. The first-order valence-corrected chi connectivity index (χ1v) is 9.90. The highest BCUT2D eigenvalue weighted by molar-refractivity contribution is 14.0. The van der Waals surface area contributed by atoms with Crippen molar-refractivity contribution in [3.63, 3.8) is 0 Å². The number of likely N-dealkylation sites (tertiary alicyclic amines) is 1. The minimum absolute atomic E-state index is 0. The third-order valence-electron chi connectivity index (χ3n) is 5.39. The summed E-state index contributed by atoms with van der Waals surface area (Å²) in [5.74, 6) is 3.37. The Hall–Kier alpha value is -1.09. The Morgan fingerprint density at radius 1 is 1.26 bits per heavy atom. The second-order valence-corrected chi connectivity index (χ2v) is 7.19. The molecule has 1 saturated carbocycles. The number of pyridine rings is 1. The van der Waals surface area contributed by atoms with Crippen LogP contribution in [0.15, 0.2) is 23.3 Å². The lowest BCUT2D eigenvalue weighted by atomic mass is 9.82. The highest BCUT2D eigenvalue weighted by Crippen LogP contribution is 2.36. The predicted octanol–water partition coefficient (Wildman–Crippen LogP) is 3.31. The third kappa shape index (κ3) is 6.20.